The van der Waals surface area contributed by atoms with Gasteiger partial charge in [0.15, 0.2) is 11.6 Å². The number of aromatic nitrogens is 1. The number of benzene rings is 1. The summed E-state index contributed by atoms with van der Waals surface area (Å²) in [4.78, 5) is 44.8. The van der Waals surface area contributed by atoms with Crippen molar-refractivity contribution in [1.29, 1.82) is 0 Å². The lowest BCUT2D eigenvalue weighted by Gasteiger charge is -2.46. The zero-order chi connectivity index (χ0) is 26.6. The van der Waals surface area contributed by atoms with Crippen molar-refractivity contribution in [1.82, 2.24) is 9.88 Å². The van der Waals surface area contributed by atoms with E-state index in [1.54, 1.807) is 43.4 Å². The number of hydrogen-bond acceptors (Lipinski definition) is 8. The monoisotopic (exact) mass is 499 g/mol. The van der Waals surface area contributed by atoms with Crippen LogP contribution in [0.3, 0.4) is 0 Å². The molecule has 37 heavy (non-hydrogen) atoms. The number of nitrogens with two attached hydrogens (primary N) is 1. The van der Waals surface area contributed by atoms with Gasteiger partial charge in [0.2, 0.25) is 0 Å². The molecule has 9 heteroatoms. The highest BCUT2D eigenvalue weighted by Crippen LogP contribution is 2.50. The number of phenols is 1. The SMILES string of the molecule is CN(C)[C@@H]1C(O)=C(C(N)=O)C(=O)C2C(O)=C3C(=O)c4c(O)ccc(C#Cc5ccccn5)c4CC3CC21. The van der Waals surface area contributed by atoms with Crippen LogP contribution in [0.4, 0.5) is 0 Å². The molecule has 4 atom stereocenters. The Bertz CT molecular complexity index is 1480. The minimum Gasteiger partial charge on any atom is -0.511 e. The molecule has 3 unspecified atom stereocenters. The summed E-state index contributed by atoms with van der Waals surface area (Å²) in [5, 5.41) is 32.7. The third-order valence-corrected chi connectivity index (χ3v) is 7.44. The number of rotatable bonds is 2. The van der Waals surface area contributed by atoms with Crippen LogP contribution in [-0.4, -0.2) is 62.8 Å². The van der Waals surface area contributed by atoms with Gasteiger partial charge in [0, 0.05) is 17.3 Å². The van der Waals surface area contributed by atoms with E-state index in [2.05, 4.69) is 16.8 Å². The van der Waals surface area contributed by atoms with Crippen molar-refractivity contribution in [2.24, 2.45) is 23.5 Å². The normalized spacial score (nSPS) is 24.7. The zero-order valence-electron chi connectivity index (χ0n) is 20.2. The van der Waals surface area contributed by atoms with Gasteiger partial charge in [0.25, 0.3) is 5.91 Å². The maximum atomic E-state index is 13.7. The molecule has 1 aromatic heterocycles. The lowest BCUT2D eigenvalue weighted by molar-refractivity contribution is -0.127. The summed E-state index contributed by atoms with van der Waals surface area (Å²) in [5.74, 6) is 0.0985. The number of pyridine rings is 1. The number of likely N-dealkylation sites (N-methyl/N-ethyl adjacent to an activating group) is 1. The van der Waals surface area contributed by atoms with Gasteiger partial charge in [0.1, 0.15) is 28.5 Å². The summed E-state index contributed by atoms with van der Waals surface area (Å²) in [7, 11) is 3.38. The molecule has 1 amide bonds. The number of Topliss-reactive ketones (excluding diaryl/α,β-unsaturated/α-hetero) is 2. The largest absolute Gasteiger partial charge is 0.511 e. The number of ketones is 2. The van der Waals surface area contributed by atoms with Crippen molar-refractivity contribution < 1.29 is 29.7 Å². The summed E-state index contributed by atoms with van der Waals surface area (Å²) in [6.07, 6.45) is 2.19. The molecule has 1 aromatic carbocycles. The lowest BCUT2D eigenvalue weighted by Crippen LogP contribution is -2.53. The highest BCUT2D eigenvalue weighted by Gasteiger charge is 2.54. The van der Waals surface area contributed by atoms with Crippen molar-refractivity contribution in [3.05, 3.63) is 81.6 Å². The van der Waals surface area contributed by atoms with E-state index in [4.69, 9.17) is 5.73 Å². The number of nitrogens with zero attached hydrogens (tertiary/aromatic N) is 2. The second kappa shape index (κ2) is 8.91. The van der Waals surface area contributed by atoms with Gasteiger partial charge in [-0.25, -0.2) is 4.98 Å². The molecule has 2 aromatic rings. The fourth-order valence-electron chi connectivity index (χ4n) is 5.95. The summed E-state index contributed by atoms with van der Waals surface area (Å²) in [6, 6.07) is 7.59. The predicted octanol–water partition coefficient (Wildman–Crippen LogP) is 1.80. The number of amides is 1. The van der Waals surface area contributed by atoms with Crippen LogP contribution in [0.2, 0.25) is 0 Å². The number of phenolic OH excluding ortho intramolecular Hbond substituents is 1. The Kier molecular flexibility index (Phi) is 5.85. The Morgan fingerprint density at radius 2 is 1.84 bits per heavy atom. The van der Waals surface area contributed by atoms with Crippen LogP contribution in [0.15, 0.2) is 59.2 Å². The molecule has 5 rings (SSSR count). The molecule has 5 N–H and O–H groups in total. The quantitative estimate of drug-likeness (QED) is 0.360. The van der Waals surface area contributed by atoms with Gasteiger partial charge in [0.05, 0.1) is 17.5 Å². The minimum absolute atomic E-state index is 0.0324. The van der Waals surface area contributed by atoms with Crippen LogP contribution >= 0.6 is 0 Å². The summed E-state index contributed by atoms with van der Waals surface area (Å²) in [5.41, 5.74) is 6.55. The molecule has 0 fully saturated rings. The summed E-state index contributed by atoms with van der Waals surface area (Å²) >= 11 is 0. The van der Waals surface area contributed by atoms with E-state index in [1.807, 2.05) is 6.07 Å². The molecular weight excluding hydrogens is 474 g/mol. The van der Waals surface area contributed by atoms with Gasteiger partial charge in [-0.05, 0) is 74.5 Å². The number of hydrogen-bond donors (Lipinski definition) is 4. The lowest BCUT2D eigenvalue weighted by atomic mass is 9.60. The molecule has 1 heterocycles. The third-order valence-electron chi connectivity index (χ3n) is 7.44. The van der Waals surface area contributed by atoms with Crippen LogP contribution in [0.1, 0.15) is 33.6 Å². The fourth-order valence-corrected chi connectivity index (χ4v) is 5.95. The Labute approximate surface area is 212 Å². The van der Waals surface area contributed by atoms with Gasteiger partial charge in [-0.1, -0.05) is 12.0 Å². The number of carbonyl (C=O) groups excluding carboxylic acids is 3. The molecule has 0 spiro atoms. The molecule has 3 aliphatic carbocycles. The predicted molar refractivity (Wildman–Crippen MR) is 132 cm³/mol. The molecule has 0 aliphatic heterocycles. The van der Waals surface area contributed by atoms with Crippen molar-refractivity contribution in [3.63, 3.8) is 0 Å². The molecule has 0 bridgehead atoms. The molecular formula is C28H25N3O6. The van der Waals surface area contributed by atoms with E-state index in [0.717, 1.165) is 0 Å². The first kappa shape index (κ1) is 24.3. The number of fused-ring (bicyclic) bond motifs is 3. The molecule has 0 saturated heterocycles. The second-order valence-electron chi connectivity index (χ2n) is 9.75. The molecule has 0 radical (unpaired) electrons. The Balaban J connectivity index is 1.64. The Hall–Kier alpha value is -4.42. The van der Waals surface area contributed by atoms with Gasteiger partial charge in [-0.3, -0.25) is 19.3 Å². The zero-order valence-corrected chi connectivity index (χ0v) is 20.2. The van der Waals surface area contributed by atoms with E-state index < -0.39 is 58.4 Å². The number of allylic oxidation sites excluding steroid dienone is 2. The first-order valence-electron chi connectivity index (χ1n) is 11.8. The standard InChI is InChI=1S/C28H25N3O6/c1-31(2)23-17-12-14-11-16-13(6-8-15-5-3-4-10-30-15)7-9-18(32)20(16)24(33)19(14)25(34)21(17)26(35)22(27(23)36)28(29)37/h3-5,7,9-10,14,17,21,23,32,34,36H,11-12H2,1-2H3,(H2,29,37)/t14?,17?,21?,23-/m0/s1. The van der Waals surface area contributed by atoms with Crippen LogP contribution < -0.4 is 5.73 Å². The highest BCUT2D eigenvalue weighted by molar-refractivity contribution is 6.22. The van der Waals surface area contributed by atoms with Crippen LogP contribution in [0.5, 0.6) is 5.75 Å². The molecule has 188 valence electrons. The third kappa shape index (κ3) is 3.77. The van der Waals surface area contributed by atoms with E-state index in [0.29, 0.717) is 16.8 Å². The van der Waals surface area contributed by atoms with Crippen LogP contribution in [0, 0.1) is 29.6 Å². The molecule has 3 aliphatic rings. The first-order valence-corrected chi connectivity index (χ1v) is 11.8. The maximum Gasteiger partial charge on any atom is 0.255 e. The van der Waals surface area contributed by atoms with Gasteiger partial charge in [-0.15, -0.1) is 0 Å². The topological polar surface area (TPSA) is 154 Å². The fraction of sp³-hybridized carbons (Fsp3) is 0.286. The Morgan fingerprint density at radius 1 is 1.08 bits per heavy atom. The average molecular weight is 500 g/mol. The molecule has 0 saturated carbocycles. The number of primary amides is 1. The van der Waals surface area contributed by atoms with E-state index in [1.165, 1.54) is 6.07 Å². The van der Waals surface area contributed by atoms with Crippen molar-refractivity contribution in [2.45, 2.75) is 18.9 Å². The van der Waals surface area contributed by atoms with Crippen LogP contribution in [0.25, 0.3) is 0 Å². The number of carbonyl (C=O) groups is 3. The van der Waals surface area contributed by atoms with Crippen LogP contribution in [-0.2, 0) is 16.0 Å². The molecule has 9 nitrogen and oxygen atoms in total. The van der Waals surface area contributed by atoms with E-state index in [9.17, 15) is 29.7 Å². The van der Waals surface area contributed by atoms with Crippen molar-refractivity contribution in [3.8, 4) is 17.6 Å². The van der Waals surface area contributed by atoms with Gasteiger partial charge < -0.3 is 21.1 Å². The summed E-state index contributed by atoms with van der Waals surface area (Å²) in [6.45, 7) is 0. The van der Waals surface area contributed by atoms with Crippen molar-refractivity contribution in [2.75, 3.05) is 14.1 Å². The van der Waals surface area contributed by atoms with Crippen molar-refractivity contribution >= 4 is 17.5 Å². The van der Waals surface area contributed by atoms with Gasteiger partial charge in [-0.2, -0.15) is 0 Å². The Morgan fingerprint density at radius 3 is 2.49 bits per heavy atom. The van der Waals surface area contributed by atoms with E-state index >= 15 is 0 Å². The summed E-state index contributed by atoms with van der Waals surface area (Å²) < 4.78 is 0. The first-order chi connectivity index (χ1) is 17.6. The second-order valence-corrected chi connectivity index (χ2v) is 9.75. The minimum atomic E-state index is -1.21. The number of aliphatic hydroxyl groups excluding tert-OH is 2. The maximum absolute atomic E-state index is 13.7. The van der Waals surface area contributed by atoms with Gasteiger partial charge >= 0.3 is 0 Å². The highest BCUT2D eigenvalue weighted by atomic mass is 16.3. The number of aliphatic hydroxyl groups is 2. The number of aromatic hydroxyl groups is 1. The van der Waals surface area contributed by atoms with E-state index in [-0.39, 0.29) is 29.7 Å². The average Bonchev–Trinajstić information content (AvgIpc) is 2.83. The smallest absolute Gasteiger partial charge is 0.255 e.